The zero-order valence-corrected chi connectivity index (χ0v) is 18.0. The van der Waals surface area contributed by atoms with Crippen LogP contribution in [-0.2, 0) is 14.8 Å². The fourth-order valence-corrected chi connectivity index (χ4v) is 7.49. The van der Waals surface area contributed by atoms with E-state index in [0.717, 1.165) is 44.2 Å². The summed E-state index contributed by atoms with van der Waals surface area (Å²) in [5.41, 5.74) is -2.07. The minimum atomic E-state index is -4.01. The second-order valence-corrected chi connectivity index (χ2v) is 11.6. The number of hydrogen-bond donors (Lipinski definition) is 2. The van der Waals surface area contributed by atoms with Crippen LogP contribution in [0.4, 0.5) is 5.69 Å². The molecule has 4 aliphatic carbocycles. The van der Waals surface area contributed by atoms with Gasteiger partial charge in [0.2, 0.25) is 10.0 Å². The molecule has 8 nitrogen and oxygen atoms in total. The van der Waals surface area contributed by atoms with Crippen LogP contribution in [-0.4, -0.2) is 35.4 Å². The van der Waals surface area contributed by atoms with Gasteiger partial charge in [-0.1, -0.05) is 0 Å². The van der Waals surface area contributed by atoms with Crippen LogP contribution in [0.5, 0.6) is 0 Å². The second kappa shape index (κ2) is 7.10. The third-order valence-corrected chi connectivity index (χ3v) is 8.97. The largest absolute Gasteiger partial charge is 0.390 e. The Hall–Kier alpha value is -1.84. The molecule has 5 rings (SSSR count). The van der Waals surface area contributed by atoms with Crippen LogP contribution in [0.15, 0.2) is 29.2 Å². The Morgan fingerprint density at radius 3 is 2.27 bits per heavy atom. The molecule has 164 valence electrons. The topological polar surface area (TPSA) is 127 Å². The SMILES string of the molecule is CC(C)(NS(=O)(=O)c1ccc([N+](=O)[O-])cc1)C(=O)CC1C2CC3CC1CC(O)(C3)C2. The van der Waals surface area contributed by atoms with Gasteiger partial charge in [0.05, 0.1) is 21.0 Å². The first-order valence-electron chi connectivity index (χ1n) is 10.4. The van der Waals surface area contributed by atoms with Crippen molar-refractivity contribution >= 4 is 21.5 Å². The highest BCUT2D eigenvalue weighted by atomic mass is 32.2. The van der Waals surface area contributed by atoms with Crippen molar-refractivity contribution < 1.29 is 23.2 Å². The number of nitro groups is 1. The van der Waals surface area contributed by atoms with E-state index in [0.29, 0.717) is 24.2 Å². The van der Waals surface area contributed by atoms with Gasteiger partial charge < -0.3 is 5.11 Å². The highest BCUT2D eigenvalue weighted by Crippen LogP contribution is 2.59. The summed E-state index contributed by atoms with van der Waals surface area (Å²) < 4.78 is 28.0. The van der Waals surface area contributed by atoms with Gasteiger partial charge >= 0.3 is 0 Å². The van der Waals surface area contributed by atoms with Crippen LogP contribution in [0.3, 0.4) is 0 Å². The molecule has 0 saturated heterocycles. The lowest BCUT2D eigenvalue weighted by molar-refractivity contribution is -0.384. The average molecular weight is 437 g/mol. The smallest absolute Gasteiger partial charge is 0.269 e. The Morgan fingerprint density at radius 2 is 1.77 bits per heavy atom. The number of carbonyl (C=O) groups excluding carboxylic acids is 1. The number of carbonyl (C=O) groups is 1. The number of sulfonamides is 1. The predicted octanol–water partition coefficient (Wildman–Crippen LogP) is 2.80. The number of rotatable bonds is 7. The molecule has 2 atom stereocenters. The molecule has 1 aromatic rings. The van der Waals surface area contributed by atoms with Crippen molar-refractivity contribution in [3.63, 3.8) is 0 Å². The van der Waals surface area contributed by atoms with Crippen molar-refractivity contribution in [2.75, 3.05) is 0 Å². The van der Waals surface area contributed by atoms with Crippen LogP contribution in [0.1, 0.15) is 52.4 Å². The molecule has 1 aromatic carbocycles. The lowest BCUT2D eigenvalue weighted by Gasteiger charge is -2.58. The predicted molar refractivity (Wildman–Crippen MR) is 109 cm³/mol. The van der Waals surface area contributed by atoms with E-state index in [1.54, 1.807) is 13.8 Å². The lowest BCUT2D eigenvalue weighted by atomic mass is 9.49. The zero-order valence-electron chi connectivity index (χ0n) is 17.2. The van der Waals surface area contributed by atoms with E-state index in [9.17, 15) is 28.4 Å². The Morgan fingerprint density at radius 1 is 1.20 bits per heavy atom. The number of hydrogen-bond acceptors (Lipinski definition) is 6. The summed E-state index contributed by atoms with van der Waals surface area (Å²) in [5.74, 6) is 1.22. The number of benzene rings is 1. The van der Waals surface area contributed by atoms with Crippen molar-refractivity contribution in [3.8, 4) is 0 Å². The van der Waals surface area contributed by atoms with Gasteiger partial charge in [-0.25, -0.2) is 8.42 Å². The summed E-state index contributed by atoms with van der Waals surface area (Å²) in [6.45, 7) is 3.11. The maximum atomic E-state index is 13.1. The molecule has 0 aromatic heterocycles. The first-order valence-corrected chi connectivity index (χ1v) is 11.9. The van der Waals surface area contributed by atoms with Crippen LogP contribution in [0, 0.1) is 33.8 Å². The number of Topliss-reactive ketones (excluding diaryl/α,β-unsaturated/α-hetero) is 1. The third kappa shape index (κ3) is 3.90. The fraction of sp³-hybridized carbons (Fsp3) is 0.667. The van der Waals surface area contributed by atoms with Gasteiger partial charge in [0.15, 0.2) is 5.78 Å². The molecular weight excluding hydrogens is 408 g/mol. The molecule has 2 N–H and O–H groups in total. The van der Waals surface area contributed by atoms with Crippen molar-refractivity contribution in [1.29, 1.82) is 0 Å². The number of nitrogens with one attached hydrogen (secondary N) is 1. The summed E-state index contributed by atoms with van der Waals surface area (Å²) in [6, 6.07) is 4.59. The highest BCUT2D eigenvalue weighted by Gasteiger charge is 2.55. The molecule has 4 aliphatic rings. The Balaban J connectivity index is 1.45. The minimum absolute atomic E-state index is 0.120. The van der Waals surface area contributed by atoms with Gasteiger partial charge in [-0.2, -0.15) is 4.72 Å². The molecule has 4 saturated carbocycles. The standard InChI is InChI=1S/C21H28N2O6S/c1-20(2,22-30(28,29)17-5-3-16(4-6-17)23(26)27)19(24)9-18-14-7-13-8-15(18)12-21(25,10-13)11-14/h3-6,13-15,18,22,25H,7-12H2,1-2H3. The van der Waals surface area contributed by atoms with E-state index in [1.807, 2.05) is 0 Å². The zero-order chi connectivity index (χ0) is 21.9. The molecule has 0 amide bonds. The Labute approximate surface area is 176 Å². The summed E-state index contributed by atoms with van der Waals surface area (Å²) in [4.78, 5) is 23.2. The maximum Gasteiger partial charge on any atom is 0.269 e. The van der Waals surface area contributed by atoms with E-state index < -0.39 is 26.1 Å². The quantitative estimate of drug-likeness (QED) is 0.500. The molecule has 4 fully saturated rings. The monoisotopic (exact) mass is 436 g/mol. The summed E-state index contributed by atoms with van der Waals surface area (Å²) in [7, 11) is -4.01. The second-order valence-electron chi connectivity index (χ2n) is 9.97. The van der Waals surface area contributed by atoms with Gasteiger partial charge in [0, 0.05) is 18.6 Å². The summed E-state index contributed by atoms with van der Waals surface area (Å²) in [6.07, 6.45) is 4.76. The average Bonchev–Trinajstić information content (AvgIpc) is 2.62. The minimum Gasteiger partial charge on any atom is -0.390 e. The number of nitro benzene ring substituents is 1. The van der Waals surface area contributed by atoms with E-state index in [1.165, 1.54) is 12.1 Å². The van der Waals surface area contributed by atoms with Crippen LogP contribution < -0.4 is 4.72 Å². The number of nitrogens with zero attached hydrogens (tertiary/aromatic N) is 1. The first kappa shape index (κ1) is 21.4. The maximum absolute atomic E-state index is 13.1. The molecule has 0 radical (unpaired) electrons. The molecule has 30 heavy (non-hydrogen) atoms. The molecule has 0 aliphatic heterocycles. The van der Waals surface area contributed by atoms with Crippen molar-refractivity contribution in [1.82, 2.24) is 4.72 Å². The normalized spacial score (nSPS) is 32.9. The van der Waals surface area contributed by atoms with Gasteiger partial charge in [0.25, 0.3) is 5.69 Å². The van der Waals surface area contributed by atoms with Gasteiger partial charge in [0.1, 0.15) is 0 Å². The van der Waals surface area contributed by atoms with E-state index >= 15 is 0 Å². The van der Waals surface area contributed by atoms with Gasteiger partial charge in [-0.05, 0) is 81.8 Å². The van der Waals surface area contributed by atoms with Crippen molar-refractivity contribution in [2.45, 2.75) is 68.4 Å². The third-order valence-electron chi connectivity index (χ3n) is 7.30. The number of aliphatic hydroxyl groups is 1. The van der Waals surface area contributed by atoms with Crippen LogP contribution in [0.2, 0.25) is 0 Å². The van der Waals surface area contributed by atoms with Crippen molar-refractivity contribution in [3.05, 3.63) is 34.4 Å². The summed E-state index contributed by atoms with van der Waals surface area (Å²) in [5, 5.41) is 21.5. The Bertz CT molecular complexity index is 956. The molecular formula is C21H28N2O6S. The molecule has 2 unspecified atom stereocenters. The summed E-state index contributed by atoms with van der Waals surface area (Å²) >= 11 is 0. The van der Waals surface area contributed by atoms with E-state index in [4.69, 9.17) is 0 Å². The fourth-order valence-electron chi connectivity index (χ4n) is 6.09. The molecule has 0 spiro atoms. The lowest BCUT2D eigenvalue weighted by Crippen LogP contribution is -2.56. The first-order chi connectivity index (χ1) is 13.9. The highest BCUT2D eigenvalue weighted by molar-refractivity contribution is 7.89. The molecule has 0 heterocycles. The number of non-ortho nitro benzene ring substituents is 1. The Kier molecular flexibility index (Phi) is 5.06. The van der Waals surface area contributed by atoms with Gasteiger partial charge in [-0.15, -0.1) is 0 Å². The number of ketones is 1. The van der Waals surface area contributed by atoms with Gasteiger partial charge in [-0.3, -0.25) is 14.9 Å². The van der Waals surface area contributed by atoms with Crippen LogP contribution >= 0.6 is 0 Å². The molecule has 9 heteroatoms. The van der Waals surface area contributed by atoms with E-state index in [-0.39, 0.29) is 22.3 Å². The van der Waals surface area contributed by atoms with Crippen LogP contribution in [0.25, 0.3) is 0 Å². The molecule has 4 bridgehead atoms. The van der Waals surface area contributed by atoms with E-state index in [2.05, 4.69) is 4.72 Å². The van der Waals surface area contributed by atoms with Crippen molar-refractivity contribution in [2.24, 2.45) is 23.7 Å².